The number of benzene rings is 1. The van der Waals surface area contributed by atoms with Crippen LogP contribution in [-0.4, -0.2) is 37.8 Å². The number of anilines is 1. The molecule has 2 unspecified atom stereocenters. The van der Waals surface area contributed by atoms with Gasteiger partial charge in [0.15, 0.2) is 0 Å². The Bertz CT molecular complexity index is 692. The van der Waals surface area contributed by atoms with Crippen LogP contribution in [0.25, 0.3) is 0 Å². The maximum absolute atomic E-state index is 13.5. The Morgan fingerprint density at radius 1 is 1.38 bits per heavy atom. The molecule has 0 radical (unpaired) electrons. The van der Waals surface area contributed by atoms with Gasteiger partial charge < -0.3 is 11.1 Å². The molecule has 2 heterocycles. The lowest BCUT2D eigenvalue weighted by Crippen LogP contribution is -2.48. The van der Waals surface area contributed by atoms with Gasteiger partial charge in [-0.1, -0.05) is 6.07 Å². The zero-order valence-electron chi connectivity index (χ0n) is 11.3. The van der Waals surface area contributed by atoms with E-state index < -0.39 is 21.9 Å². The third-order valence-corrected chi connectivity index (χ3v) is 6.13. The van der Waals surface area contributed by atoms with E-state index in [4.69, 9.17) is 5.73 Å². The number of nitrogens with one attached hydrogen (secondary N) is 1. The normalized spacial score (nSPS) is 26.4. The monoisotopic (exact) mass is 313 g/mol. The van der Waals surface area contributed by atoms with Crippen molar-refractivity contribution < 1.29 is 17.6 Å². The van der Waals surface area contributed by atoms with Crippen LogP contribution in [0.15, 0.2) is 23.1 Å². The molecule has 3 N–H and O–H groups in total. The number of hydrogen-bond donors (Lipinski definition) is 2. The molecule has 0 aliphatic carbocycles. The summed E-state index contributed by atoms with van der Waals surface area (Å²) in [4.78, 5) is 11.5. The number of halogens is 1. The van der Waals surface area contributed by atoms with Crippen LogP contribution in [0.1, 0.15) is 12.8 Å². The predicted octanol–water partition coefficient (Wildman–Crippen LogP) is 0.307. The summed E-state index contributed by atoms with van der Waals surface area (Å²) >= 11 is 0. The first-order chi connectivity index (χ1) is 9.93. The van der Waals surface area contributed by atoms with Crippen LogP contribution in [0.2, 0.25) is 0 Å². The van der Waals surface area contributed by atoms with E-state index in [1.54, 1.807) is 0 Å². The quantitative estimate of drug-likeness (QED) is 0.769. The minimum Gasteiger partial charge on any atom is -0.395 e. The van der Waals surface area contributed by atoms with Crippen LogP contribution in [-0.2, 0) is 14.8 Å². The summed E-state index contributed by atoms with van der Waals surface area (Å²) < 4.78 is 40.3. The molecule has 8 heteroatoms. The molecule has 3 rings (SSSR count). The average molecular weight is 313 g/mol. The molecular formula is C13H16FN3O3S. The van der Waals surface area contributed by atoms with Gasteiger partial charge in [0.2, 0.25) is 15.9 Å². The number of carbonyl (C=O) groups is 1. The maximum atomic E-state index is 13.5. The van der Waals surface area contributed by atoms with E-state index in [0.29, 0.717) is 19.4 Å². The van der Waals surface area contributed by atoms with Crippen LogP contribution in [0.4, 0.5) is 10.1 Å². The van der Waals surface area contributed by atoms with Crippen LogP contribution in [0.3, 0.4) is 0 Å². The fourth-order valence-electron chi connectivity index (χ4n) is 3.08. The number of hydrogen-bond acceptors (Lipinski definition) is 4. The van der Waals surface area contributed by atoms with Crippen molar-refractivity contribution in [3.05, 3.63) is 24.0 Å². The van der Waals surface area contributed by atoms with Gasteiger partial charge in [0, 0.05) is 13.1 Å². The molecule has 0 saturated carbocycles. The summed E-state index contributed by atoms with van der Waals surface area (Å²) in [5.41, 5.74) is 5.20. The third-order valence-electron chi connectivity index (χ3n) is 4.15. The van der Waals surface area contributed by atoms with Crippen LogP contribution in [0.5, 0.6) is 0 Å². The second-order valence-electron chi connectivity index (χ2n) is 5.33. The number of fused-ring (bicyclic) bond motifs is 1. The van der Waals surface area contributed by atoms with E-state index in [1.165, 1.54) is 16.4 Å². The van der Waals surface area contributed by atoms with Crippen LogP contribution in [0, 0.1) is 11.7 Å². The lowest BCUT2D eigenvalue weighted by atomic mass is 9.93. The molecule has 2 saturated heterocycles. The van der Waals surface area contributed by atoms with E-state index in [2.05, 4.69) is 5.32 Å². The number of nitrogens with zero attached hydrogens (tertiary/aromatic N) is 1. The van der Waals surface area contributed by atoms with Gasteiger partial charge in [-0.05, 0) is 25.0 Å². The van der Waals surface area contributed by atoms with Gasteiger partial charge in [0.1, 0.15) is 10.7 Å². The van der Waals surface area contributed by atoms with Gasteiger partial charge in [0.05, 0.1) is 17.6 Å². The summed E-state index contributed by atoms with van der Waals surface area (Å²) in [7, 11) is -3.92. The molecule has 2 aliphatic rings. The highest BCUT2D eigenvalue weighted by molar-refractivity contribution is 7.89. The SMILES string of the molecule is Nc1c(F)cccc1S(=O)(=O)N1CCCC2C(=O)NCC21. The zero-order valence-corrected chi connectivity index (χ0v) is 12.1. The van der Waals surface area contributed by atoms with E-state index in [0.717, 1.165) is 6.07 Å². The molecule has 21 heavy (non-hydrogen) atoms. The summed E-state index contributed by atoms with van der Waals surface area (Å²) in [5.74, 6) is -1.21. The largest absolute Gasteiger partial charge is 0.395 e. The maximum Gasteiger partial charge on any atom is 0.245 e. The summed E-state index contributed by atoms with van der Waals surface area (Å²) in [6.07, 6.45) is 1.27. The van der Waals surface area contributed by atoms with Crippen molar-refractivity contribution >= 4 is 21.6 Å². The fourth-order valence-corrected chi connectivity index (χ4v) is 4.91. The molecule has 2 atom stereocenters. The highest BCUT2D eigenvalue weighted by atomic mass is 32.2. The van der Waals surface area contributed by atoms with Crippen molar-refractivity contribution in [1.82, 2.24) is 9.62 Å². The molecule has 1 aromatic carbocycles. The van der Waals surface area contributed by atoms with Gasteiger partial charge in [-0.2, -0.15) is 4.31 Å². The molecular weight excluding hydrogens is 297 g/mol. The second-order valence-corrected chi connectivity index (χ2v) is 7.19. The van der Waals surface area contributed by atoms with Crippen molar-refractivity contribution in [3.8, 4) is 0 Å². The summed E-state index contributed by atoms with van der Waals surface area (Å²) in [6.45, 7) is 0.604. The number of nitrogen functional groups attached to an aromatic ring is 1. The average Bonchev–Trinajstić information content (AvgIpc) is 2.83. The van der Waals surface area contributed by atoms with E-state index in [-0.39, 0.29) is 29.0 Å². The standard InChI is InChI=1S/C13H16FN3O3S/c14-9-4-1-5-11(12(9)15)21(19,20)17-6-2-3-8-10(17)7-16-13(8)18/h1,4-5,8,10H,2-3,6-7,15H2,(H,16,18). The molecule has 2 fully saturated rings. The van der Waals surface area contributed by atoms with Gasteiger partial charge in [-0.25, -0.2) is 12.8 Å². The lowest BCUT2D eigenvalue weighted by molar-refractivity contribution is -0.123. The summed E-state index contributed by atoms with van der Waals surface area (Å²) in [5, 5.41) is 2.69. The van der Waals surface area contributed by atoms with Crippen molar-refractivity contribution in [1.29, 1.82) is 0 Å². The molecule has 114 valence electrons. The Kier molecular flexibility index (Phi) is 3.37. The van der Waals surface area contributed by atoms with Crippen LogP contribution >= 0.6 is 0 Å². The number of sulfonamides is 1. The molecule has 0 spiro atoms. The molecule has 0 bridgehead atoms. The minimum absolute atomic E-state index is 0.118. The van der Waals surface area contributed by atoms with Gasteiger partial charge in [0.25, 0.3) is 0 Å². The number of amides is 1. The Morgan fingerprint density at radius 3 is 2.90 bits per heavy atom. The predicted molar refractivity (Wildman–Crippen MR) is 74.2 cm³/mol. The number of rotatable bonds is 2. The molecule has 0 aromatic heterocycles. The van der Waals surface area contributed by atoms with Crippen molar-refractivity contribution in [2.45, 2.75) is 23.8 Å². The number of piperidine rings is 1. The first-order valence-electron chi connectivity index (χ1n) is 6.76. The second kappa shape index (κ2) is 4.96. The number of para-hydroxylation sites is 1. The third kappa shape index (κ3) is 2.18. The topological polar surface area (TPSA) is 92.5 Å². The first kappa shape index (κ1) is 14.3. The first-order valence-corrected chi connectivity index (χ1v) is 8.20. The Morgan fingerprint density at radius 2 is 2.14 bits per heavy atom. The highest BCUT2D eigenvalue weighted by Gasteiger charge is 2.46. The Labute approximate surface area is 122 Å². The van der Waals surface area contributed by atoms with Gasteiger partial charge in [-0.15, -0.1) is 0 Å². The Balaban J connectivity index is 2.02. The lowest BCUT2D eigenvalue weighted by Gasteiger charge is -2.34. The Hall–Kier alpha value is -1.67. The number of carbonyl (C=O) groups excluding carboxylic acids is 1. The summed E-state index contributed by atoms with van der Waals surface area (Å²) in [6, 6.07) is 3.31. The van der Waals surface area contributed by atoms with Crippen molar-refractivity contribution in [3.63, 3.8) is 0 Å². The minimum atomic E-state index is -3.92. The van der Waals surface area contributed by atoms with E-state index >= 15 is 0 Å². The van der Waals surface area contributed by atoms with E-state index in [9.17, 15) is 17.6 Å². The van der Waals surface area contributed by atoms with Gasteiger partial charge in [-0.3, -0.25) is 4.79 Å². The smallest absolute Gasteiger partial charge is 0.245 e. The number of nitrogens with two attached hydrogens (primary N) is 1. The zero-order chi connectivity index (χ0) is 15.2. The highest BCUT2D eigenvalue weighted by Crippen LogP contribution is 2.33. The molecule has 1 aromatic rings. The van der Waals surface area contributed by atoms with Crippen molar-refractivity contribution in [2.24, 2.45) is 5.92 Å². The molecule has 1 amide bonds. The van der Waals surface area contributed by atoms with Crippen molar-refractivity contribution in [2.75, 3.05) is 18.8 Å². The van der Waals surface area contributed by atoms with Gasteiger partial charge >= 0.3 is 0 Å². The fraction of sp³-hybridized carbons (Fsp3) is 0.462. The van der Waals surface area contributed by atoms with Crippen LogP contribution < -0.4 is 11.1 Å². The molecule has 6 nitrogen and oxygen atoms in total. The molecule has 2 aliphatic heterocycles. The van der Waals surface area contributed by atoms with E-state index in [1.807, 2.05) is 0 Å².